The number of carbonyl (C=O) groups is 1. The van der Waals surface area contributed by atoms with Crippen LogP contribution in [0.3, 0.4) is 0 Å². The fourth-order valence-electron chi connectivity index (χ4n) is 0.976. The van der Waals surface area contributed by atoms with Crippen molar-refractivity contribution < 1.29 is 14.6 Å². The van der Waals surface area contributed by atoms with Gasteiger partial charge >= 0.3 is 6.03 Å². The second-order valence-corrected chi connectivity index (χ2v) is 3.64. The maximum Gasteiger partial charge on any atom is 0.332 e. The Hall–Kier alpha value is -1.76. The van der Waals surface area contributed by atoms with E-state index in [-0.39, 0.29) is 5.75 Å². The lowest BCUT2D eigenvalue weighted by Gasteiger charge is -2.05. The number of phenols is 1. The van der Waals surface area contributed by atoms with Gasteiger partial charge in [-0.05, 0) is 28.1 Å². The number of carbonyl (C=O) groups excluding carboxylic acids is 1. The number of primary amides is 1. The number of halogens is 1. The SMILES string of the molecule is COc1cc(Br)c(O)c(/C=N/NC(N)=O)c1. The number of hydrogen-bond acceptors (Lipinski definition) is 4. The van der Waals surface area contributed by atoms with Crippen LogP contribution < -0.4 is 15.9 Å². The van der Waals surface area contributed by atoms with Gasteiger partial charge in [0.15, 0.2) is 0 Å². The van der Waals surface area contributed by atoms with Gasteiger partial charge in [-0.2, -0.15) is 5.10 Å². The number of benzene rings is 1. The molecule has 0 radical (unpaired) electrons. The maximum absolute atomic E-state index is 10.4. The number of phenolic OH excluding ortho intramolecular Hbond substituents is 1. The molecule has 0 spiro atoms. The molecule has 0 unspecified atom stereocenters. The molecule has 0 heterocycles. The predicted octanol–water partition coefficient (Wildman–Crippen LogP) is 1.17. The van der Waals surface area contributed by atoms with E-state index < -0.39 is 6.03 Å². The summed E-state index contributed by atoms with van der Waals surface area (Å²) in [5.74, 6) is 0.543. The average molecular weight is 288 g/mol. The van der Waals surface area contributed by atoms with Crippen molar-refractivity contribution in [2.45, 2.75) is 0 Å². The number of rotatable bonds is 3. The highest BCUT2D eigenvalue weighted by Crippen LogP contribution is 2.31. The van der Waals surface area contributed by atoms with Crippen molar-refractivity contribution in [2.24, 2.45) is 10.8 Å². The number of hydrogen-bond donors (Lipinski definition) is 3. The maximum atomic E-state index is 10.4. The number of nitrogens with one attached hydrogen (secondary N) is 1. The molecule has 1 rings (SSSR count). The Labute approximate surface area is 100 Å². The van der Waals surface area contributed by atoms with E-state index in [9.17, 15) is 9.90 Å². The van der Waals surface area contributed by atoms with Crippen LogP contribution in [0.2, 0.25) is 0 Å². The van der Waals surface area contributed by atoms with Crippen molar-refractivity contribution in [3.8, 4) is 11.5 Å². The molecule has 1 aromatic rings. The Balaban J connectivity index is 2.98. The summed E-state index contributed by atoms with van der Waals surface area (Å²) >= 11 is 3.15. The van der Waals surface area contributed by atoms with Crippen LogP contribution in [-0.4, -0.2) is 24.5 Å². The number of ether oxygens (including phenoxy) is 1. The summed E-state index contributed by atoms with van der Waals surface area (Å²) < 4.78 is 5.47. The summed E-state index contributed by atoms with van der Waals surface area (Å²) in [6, 6.07) is 2.39. The molecule has 0 saturated heterocycles. The molecule has 86 valence electrons. The van der Waals surface area contributed by atoms with Crippen molar-refractivity contribution in [3.63, 3.8) is 0 Å². The molecule has 0 aromatic heterocycles. The Bertz CT molecular complexity index is 434. The number of aromatic hydroxyl groups is 1. The van der Waals surface area contributed by atoms with E-state index in [0.29, 0.717) is 15.8 Å². The van der Waals surface area contributed by atoms with Crippen LogP contribution in [0.4, 0.5) is 4.79 Å². The van der Waals surface area contributed by atoms with Gasteiger partial charge in [0.25, 0.3) is 0 Å². The summed E-state index contributed by atoms with van der Waals surface area (Å²) in [5, 5.41) is 13.2. The molecule has 0 saturated carbocycles. The molecule has 6 nitrogen and oxygen atoms in total. The molecular formula is C9H10BrN3O3. The van der Waals surface area contributed by atoms with Gasteiger partial charge < -0.3 is 15.6 Å². The minimum absolute atomic E-state index is 0.00387. The molecule has 0 aliphatic rings. The number of nitrogens with zero attached hydrogens (tertiary/aromatic N) is 1. The summed E-state index contributed by atoms with van der Waals surface area (Å²) in [6.45, 7) is 0. The normalized spacial score (nSPS) is 10.4. The molecule has 0 aliphatic carbocycles. The van der Waals surface area contributed by atoms with Gasteiger partial charge in [-0.15, -0.1) is 0 Å². The van der Waals surface area contributed by atoms with Gasteiger partial charge in [0.05, 0.1) is 17.8 Å². The number of hydrazone groups is 1. The van der Waals surface area contributed by atoms with Crippen LogP contribution in [0.25, 0.3) is 0 Å². The summed E-state index contributed by atoms with van der Waals surface area (Å²) in [5.41, 5.74) is 7.23. The second-order valence-electron chi connectivity index (χ2n) is 2.78. The van der Waals surface area contributed by atoms with E-state index in [0.717, 1.165) is 0 Å². The van der Waals surface area contributed by atoms with Crippen molar-refractivity contribution >= 4 is 28.2 Å². The zero-order valence-electron chi connectivity index (χ0n) is 8.40. The molecule has 0 fully saturated rings. The quantitative estimate of drug-likeness (QED) is 0.575. The number of methoxy groups -OCH3 is 1. The highest BCUT2D eigenvalue weighted by molar-refractivity contribution is 9.10. The Kier molecular flexibility index (Phi) is 4.12. The largest absolute Gasteiger partial charge is 0.506 e. The van der Waals surface area contributed by atoms with Gasteiger partial charge in [-0.1, -0.05) is 0 Å². The predicted molar refractivity (Wildman–Crippen MR) is 62.7 cm³/mol. The monoisotopic (exact) mass is 287 g/mol. The second kappa shape index (κ2) is 5.36. The number of nitrogens with two attached hydrogens (primary N) is 1. The Morgan fingerprint density at radius 1 is 1.69 bits per heavy atom. The van der Waals surface area contributed by atoms with E-state index in [1.165, 1.54) is 13.3 Å². The molecule has 0 aliphatic heterocycles. The van der Waals surface area contributed by atoms with Crippen LogP contribution in [0.5, 0.6) is 11.5 Å². The van der Waals surface area contributed by atoms with E-state index in [2.05, 4.69) is 21.0 Å². The first-order chi connectivity index (χ1) is 7.54. The molecular weight excluding hydrogens is 278 g/mol. The minimum atomic E-state index is -0.780. The lowest BCUT2D eigenvalue weighted by molar-refractivity contribution is 0.249. The highest BCUT2D eigenvalue weighted by atomic mass is 79.9. The zero-order valence-corrected chi connectivity index (χ0v) is 9.98. The molecule has 2 amide bonds. The Morgan fingerprint density at radius 3 is 2.94 bits per heavy atom. The van der Waals surface area contributed by atoms with Gasteiger partial charge in [-0.3, -0.25) is 0 Å². The Morgan fingerprint density at radius 2 is 2.38 bits per heavy atom. The molecule has 7 heteroatoms. The van der Waals surface area contributed by atoms with Crippen molar-refractivity contribution in [1.82, 2.24) is 5.43 Å². The molecule has 16 heavy (non-hydrogen) atoms. The van der Waals surface area contributed by atoms with Crippen molar-refractivity contribution in [3.05, 3.63) is 22.2 Å². The highest BCUT2D eigenvalue weighted by Gasteiger charge is 2.06. The lowest BCUT2D eigenvalue weighted by Crippen LogP contribution is -2.24. The van der Waals surface area contributed by atoms with Gasteiger partial charge in [0, 0.05) is 5.56 Å². The number of amides is 2. The van der Waals surface area contributed by atoms with Crippen LogP contribution >= 0.6 is 15.9 Å². The van der Waals surface area contributed by atoms with Crippen LogP contribution in [0.15, 0.2) is 21.7 Å². The standard InChI is InChI=1S/C9H10BrN3O3/c1-16-6-2-5(4-12-13-9(11)15)8(14)7(10)3-6/h2-4,14H,1H3,(H3,11,13,15)/b12-4+. The van der Waals surface area contributed by atoms with E-state index >= 15 is 0 Å². The van der Waals surface area contributed by atoms with Crippen LogP contribution in [0, 0.1) is 0 Å². The summed E-state index contributed by atoms with van der Waals surface area (Å²) in [6.07, 6.45) is 1.26. The molecule has 0 atom stereocenters. The van der Waals surface area contributed by atoms with Crippen molar-refractivity contribution in [2.75, 3.05) is 7.11 Å². The topological polar surface area (TPSA) is 96.9 Å². The minimum Gasteiger partial charge on any atom is -0.506 e. The van der Waals surface area contributed by atoms with E-state index in [1.807, 2.05) is 5.43 Å². The van der Waals surface area contributed by atoms with Crippen molar-refractivity contribution in [1.29, 1.82) is 0 Å². The number of urea groups is 1. The fraction of sp³-hybridized carbons (Fsp3) is 0.111. The molecule has 4 N–H and O–H groups in total. The van der Waals surface area contributed by atoms with Crippen LogP contribution in [0.1, 0.15) is 5.56 Å². The molecule has 0 bridgehead atoms. The third-order valence-corrected chi connectivity index (χ3v) is 2.28. The fourth-order valence-corrected chi connectivity index (χ4v) is 1.43. The molecule has 1 aromatic carbocycles. The summed E-state index contributed by atoms with van der Waals surface area (Å²) in [7, 11) is 1.50. The zero-order chi connectivity index (χ0) is 12.1. The first-order valence-electron chi connectivity index (χ1n) is 4.19. The van der Waals surface area contributed by atoms with E-state index in [1.54, 1.807) is 12.1 Å². The van der Waals surface area contributed by atoms with Gasteiger partial charge in [-0.25, -0.2) is 10.2 Å². The van der Waals surface area contributed by atoms with Gasteiger partial charge in [0.2, 0.25) is 0 Å². The first-order valence-corrected chi connectivity index (χ1v) is 4.99. The van der Waals surface area contributed by atoms with Crippen LogP contribution in [-0.2, 0) is 0 Å². The third kappa shape index (κ3) is 3.13. The smallest absolute Gasteiger partial charge is 0.332 e. The summed E-state index contributed by atoms with van der Waals surface area (Å²) in [4.78, 5) is 10.4. The third-order valence-electron chi connectivity index (χ3n) is 1.68. The first kappa shape index (κ1) is 12.3. The lowest BCUT2D eigenvalue weighted by atomic mass is 10.2. The van der Waals surface area contributed by atoms with E-state index in [4.69, 9.17) is 10.5 Å². The average Bonchev–Trinajstić information content (AvgIpc) is 2.23. The van der Waals surface area contributed by atoms with Gasteiger partial charge in [0.1, 0.15) is 11.5 Å².